The fourth-order valence-corrected chi connectivity index (χ4v) is 3.23. The Kier molecular flexibility index (Phi) is 4.12. The van der Waals surface area contributed by atoms with Crippen LogP contribution in [0, 0.1) is 6.92 Å². The van der Waals surface area contributed by atoms with Crippen LogP contribution in [0.2, 0.25) is 0 Å². The summed E-state index contributed by atoms with van der Waals surface area (Å²) in [6.07, 6.45) is 1.40. The zero-order chi connectivity index (χ0) is 20.0. The molecule has 1 atom stereocenters. The van der Waals surface area contributed by atoms with Gasteiger partial charge in [-0.05, 0) is 44.9 Å². The molecule has 1 saturated carbocycles. The van der Waals surface area contributed by atoms with E-state index in [0.717, 1.165) is 24.1 Å². The molecule has 146 valence electrons. The van der Waals surface area contributed by atoms with Crippen LogP contribution in [0.25, 0.3) is 22.6 Å². The van der Waals surface area contributed by atoms with Crippen molar-refractivity contribution in [3.8, 4) is 11.5 Å². The fraction of sp³-hybridized carbons (Fsp3) is 0.286. The summed E-state index contributed by atoms with van der Waals surface area (Å²) in [6, 6.07) is 11.2. The SMILES string of the molecule is Cc1noc2nc(C3CC3)cc(C(=O)OC(C)c3nnc(-c4ccccc4)o3)c12. The smallest absolute Gasteiger partial charge is 0.339 e. The van der Waals surface area contributed by atoms with Crippen molar-refractivity contribution in [3.05, 3.63) is 59.2 Å². The number of esters is 1. The Morgan fingerprint density at radius 1 is 1.21 bits per heavy atom. The number of ether oxygens (including phenoxy) is 1. The summed E-state index contributed by atoms with van der Waals surface area (Å²) in [5.74, 6) is 0.461. The first-order valence-corrected chi connectivity index (χ1v) is 9.47. The van der Waals surface area contributed by atoms with Gasteiger partial charge in [0, 0.05) is 17.2 Å². The Balaban J connectivity index is 1.42. The number of hydrogen-bond acceptors (Lipinski definition) is 8. The molecule has 3 aromatic heterocycles. The van der Waals surface area contributed by atoms with E-state index in [0.29, 0.717) is 34.2 Å². The van der Waals surface area contributed by atoms with Crippen molar-refractivity contribution >= 4 is 17.1 Å². The van der Waals surface area contributed by atoms with Crippen LogP contribution in [0.4, 0.5) is 0 Å². The van der Waals surface area contributed by atoms with E-state index in [9.17, 15) is 4.79 Å². The fourth-order valence-electron chi connectivity index (χ4n) is 3.23. The topological polar surface area (TPSA) is 104 Å². The van der Waals surface area contributed by atoms with E-state index in [1.807, 2.05) is 30.3 Å². The Bertz CT molecular complexity index is 1190. The van der Waals surface area contributed by atoms with Crippen LogP contribution in [0.1, 0.15) is 59.4 Å². The van der Waals surface area contributed by atoms with Crippen molar-refractivity contribution in [2.45, 2.75) is 38.7 Å². The van der Waals surface area contributed by atoms with Crippen molar-refractivity contribution < 1.29 is 18.5 Å². The van der Waals surface area contributed by atoms with E-state index < -0.39 is 12.1 Å². The second kappa shape index (κ2) is 6.80. The normalized spacial score (nSPS) is 14.8. The summed E-state index contributed by atoms with van der Waals surface area (Å²) in [7, 11) is 0. The average molecular weight is 390 g/mol. The minimum atomic E-state index is -0.708. The third-order valence-corrected chi connectivity index (χ3v) is 4.95. The lowest BCUT2D eigenvalue weighted by Gasteiger charge is -2.11. The number of nitrogens with zero attached hydrogens (tertiary/aromatic N) is 4. The number of benzene rings is 1. The van der Waals surface area contributed by atoms with Gasteiger partial charge in [0.25, 0.3) is 11.6 Å². The minimum absolute atomic E-state index is 0.229. The maximum absolute atomic E-state index is 13.0. The molecule has 3 heterocycles. The Hall–Kier alpha value is -3.55. The molecule has 0 aliphatic heterocycles. The van der Waals surface area contributed by atoms with Gasteiger partial charge in [-0.3, -0.25) is 0 Å². The van der Waals surface area contributed by atoms with E-state index in [1.165, 1.54) is 0 Å². The third-order valence-electron chi connectivity index (χ3n) is 4.95. The molecule has 0 bridgehead atoms. The van der Waals surface area contributed by atoms with Crippen molar-refractivity contribution in [2.24, 2.45) is 0 Å². The van der Waals surface area contributed by atoms with Gasteiger partial charge >= 0.3 is 5.97 Å². The van der Waals surface area contributed by atoms with Crippen LogP contribution in [0.5, 0.6) is 0 Å². The van der Waals surface area contributed by atoms with Gasteiger partial charge in [0.15, 0.2) is 6.10 Å². The molecule has 0 saturated heterocycles. The van der Waals surface area contributed by atoms with E-state index in [4.69, 9.17) is 13.7 Å². The maximum atomic E-state index is 13.0. The predicted molar refractivity (Wildman–Crippen MR) is 102 cm³/mol. The first kappa shape index (κ1) is 17.5. The highest BCUT2D eigenvalue weighted by molar-refractivity contribution is 6.03. The average Bonchev–Trinajstić information content (AvgIpc) is 3.35. The Labute approximate surface area is 165 Å². The molecule has 1 unspecified atom stereocenters. The lowest BCUT2D eigenvalue weighted by molar-refractivity contribution is 0.0282. The standard InChI is InChI=1S/C21H18N4O4/c1-11-17-15(10-16(13-8-9-13)22-20(17)29-25-11)21(26)27-12(2)18-23-24-19(28-18)14-6-4-3-5-7-14/h3-7,10,12-13H,8-9H2,1-2H3. The highest BCUT2D eigenvalue weighted by Gasteiger charge is 2.30. The van der Waals surface area contributed by atoms with Gasteiger partial charge < -0.3 is 13.7 Å². The molecule has 1 aliphatic carbocycles. The second-order valence-electron chi connectivity index (χ2n) is 7.18. The quantitative estimate of drug-likeness (QED) is 0.463. The van der Waals surface area contributed by atoms with Crippen LogP contribution < -0.4 is 0 Å². The molecule has 8 nitrogen and oxygen atoms in total. The van der Waals surface area contributed by atoms with Gasteiger partial charge in [0.1, 0.15) is 0 Å². The van der Waals surface area contributed by atoms with E-state index in [-0.39, 0.29) is 5.89 Å². The molecule has 0 N–H and O–H groups in total. The van der Waals surface area contributed by atoms with Gasteiger partial charge in [-0.2, -0.15) is 0 Å². The molecular weight excluding hydrogens is 372 g/mol. The second-order valence-corrected chi connectivity index (χ2v) is 7.18. The lowest BCUT2D eigenvalue weighted by atomic mass is 10.1. The number of pyridine rings is 1. The number of carbonyl (C=O) groups excluding carboxylic acids is 1. The molecule has 4 aromatic rings. The van der Waals surface area contributed by atoms with Crippen molar-refractivity contribution in [3.63, 3.8) is 0 Å². The molecule has 1 aromatic carbocycles. The molecular formula is C21H18N4O4. The molecule has 0 amide bonds. The number of carbonyl (C=O) groups is 1. The third kappa shape index (κ3) is 3.26. The summed E-state index contributed by atoms with van der Waals surface area (Å²) in [5, 5.41) is 12.6. The number of aromatic nitrogens is 4. The molecule has 8 heteroatoms. The van der Waals surface area contributed by atoms with Crippen LogP contribution in [0.15, 0.2) is 45.3 Å². The first-order chi connectivity index (χ1) is 14.1. The van der Waals surface area contributed by atoms with Crippen LogP contribution in [-0.2, 0) is 4.74 Å². The van der Waals surface area contributed by atoms with Crippen LogP contribution in [0.3, 0.4) is 0 Å². The van der Waals surface area contributed by atoms with Crippen molar-refractivity contribution in [1.29, 1.82) is 0 Å². The molecule has 1 fully saturated rings. The van der Waals surface area contributed by atoms with E-state index in [2.05, 4.69) is 20.3 Å². The number of hydrogen-bond donors (Lipinski definition) is 0. The first-order valence-electron chi connectivity index (χ1n) is 9.47. The summed E-state index contributed by atoms with van der Waals surface area (Å²) >= 11 is 0. The van der Waals surface area contributed by atoms with Crippen LogP contribution >= 0.6 is 0 Å². The highest BCUT2D eigenvalue weighted by atomic mass is 16.6. The highest BCUT2D eigenvalue weighted by Crippen LogP contribution is 2.40. The molecule has 29 heavy (non-hydrogen) atoms. The molecule has 0 radical (unpaired) electrons. The summed E-state index contributed by atoms with van der Waals surface area (Å²) < 4.78 is 16.6. The Morgan fingerprint density at radius 2 is 2.00 bits per heavy atom. The van der Waals surface area contributed by atoms with Crippen LogP contribution in [-0.4, -0.2) is 26.3 Å². The lowest BCUT2D eigenvalue weighted by Crippen LogP contribution is -2.11. The monoisotopic (exact) mass is 390 g/mol. The Morgan fingerprint density at radius 3 is 2.76 bits per heavy atom. The molecule has 0 spiro atoms. The zero-order valence-corrected chi connectivity index (χ0v) is 16.0. The van der Waals surface area contributed by atoms with E-state index >= 15 is 0 Å². The number of rotatable bonds is 5. The predicted octanol–water partition coefficient (Wildman–Crippen LogP) is 4.38. The molecule has 5 rings (SSSR count). The van der Waals surface area contributed by atoms with Crippen molar-refractivity contribution in [1.82, 2.24) is 20.3 Å². The maximum Gasteiger partial charge on any atom is 0.339 e. The molecule has 1 aliphatic rings. The summed E-state index contributed by atoms with van der Waals surface area (Å²) in [5.41, 5.74) is 2.98. The summed E-state index contributed by atoms with van der Waals surface area (Å²) in [6.45, 7) is 3.47. The van der Waals surface area contributed by atoms with Gasteiger partial charge in [-0.1, -0.05) is 23.4 Å². The largest absolute Gasteiger partial charge is 0.449 e. The van der Waals surface area contributed by atoms with Gasteiger partial charge in [-0.15, -0.1) is 10.2 Å². The van der Waals surface area contributed by atoms with E-state index in [1.54, 1.807) is 19.9 Å². The minimum Gasteiger partial charge on any atom is -0.449 e. The number of fused-ring (bicyclic) bond motifs is 1. The zero-order valence-electron chi connectivity index (χ0n) is 16.0. The number of aryl methyl sites for hydroxylation is 1. The van der Waals surface area contributed by atoms with Gasteiger partial charge in [0.05, 0.1) is 16.6 Å². The van der Waals surface area contributed by atoms with Gasteiger partial charge in [0.2, 0.25) is 5.89 Å². The van der Waals surface area contributed by atoms with Crippen molar-refractivity contribution in [2.75, 3.05) is 0 Å². The van der Waals surface area contributed by atoms with Gasteiger partial charge in [-0.25, -0.2) is 9.78 Å². The summed E-state index contributed by atoms with van der Waals surface area (Å²) in [4.78, 5) is 17.5.